The molecule has 6 atom stereocenters. The summed E-state index contributed by atoms with van der Waals surface area (Å²) in [6.07, 6.45) is 9.19. The second-order valence-electron chi connectivity index (χ2n) is 10.3. The van der Waals surface area contributed by atoms with Gasteiger partial charge in [-0.15, -0.1) is 0 Å². The van der Waals surface area contributed by atoms with E-state index in [4.69, 9.17) is 9.47 Å². The number of likely N-dealkylation sites (tertiary alicyclic amines) is 1. The number of ether oxygens (including phenoxy) is 2. The number of methoxy groups -OCH3 is 1. The summed E-state index contributed by atoms with van der Waals surface area (Å²) in [5.74, 6) is -1.36. The molecule has 4 aliphatic rings. The van der Waals surface area contributed by atoms with Crippen molar-refractivity contribution >= 4 is 23.4 Å². The SMILES string of the molecule is CCC(C)N1C(=O)[C@H]2C(C(=O)Nc3ccc(OC)cc3)[C@H]3C=CC2(O3)C1C(=O)NC1CCCCC1. The Bertz CT molecular complexity index is 1020. The molecular formula is C27H35N3O5. The second kappa shape index (κ2) is 9.30. The molecule has 2 saturated heterocycles. The van der Waals surface area contributed by atoms with E-state index < -0.39 is 29.6 Å². The van der Waals surface area contributed by atoms with Gasteiger partial charge >= 0.3 is 0 Å². The summed E-state index contributed by atoms with van der Waals surface area (Å²) in [4.78, 5) is 42.7. The van der Waals surface area contributed by atoms with Gasteiger partial charge in [0.15, 0.2) is 0 Å². The molecule has 0 radical (unpaired) electrons. The van der Waals surface area contributed by atoms with Gasteiger partial charge in [-0.3, -0.25) is 14.4 Å². The van der Waals surface area contributed by atoms with Crippen LogP contribution in [0.3, 0.4) is 0 Å². The highest BCUT2D eigenvalue weighted by atomic mass is 16.5. The lowest BCUT2D eigenvalue weighted by Gasteiger charge is -2.36. The molecule has 8 nitrogen and oxygen atoms in total. The number of nitrogens with zero attached hydrogens (tertiary/aromatic N) is 1. The molecule has 188 valence electrons. The number of anilines is 1. The van der Waals surface area contributed by atoms with Gasteiger partial charge in [0, 0.05) is 17.8 Å². The summed E-state index contributed by atoms with van der Waals surface area (Å²) in [5, 5.41) is 6.15. The highest BCUT2D eigenvalue weighted by Crippen LogP contribution is 2.55. The zero-order chi connectivity index (χ0) is 24.7. The average molecular weight is 482 g/mol. The third-order valence-electron chi connectivity index (χ3n) is 8.24. The molecule has 3 fully saturated rings. The summed E-state index contributed by atoms with van der Waals surface area (Å²) in [6.45, 7) is 3.96. The average Bonchev–Trinajstić information content (AvgIpc) is 3.52. The number of hydrogen-bond donors (Lipinski definition) is 2. The monoisotopic (exact) mass is 481 g/mol. The summed E-state index contributed by atoms with van der Waals surface area (Å²) in [6, 6.07) is 6.26. The number of benzene rings is 1. The van der Waals surface area contributed by atoms with Crippen molar-refractivity contribution in [3.05, 3.63) is 36.4 Å². The van der Waals surface area contributed by atoms with Crippen molar-refractivity contribution in [3.8, 4) is 5.75 Å². The Morgan fingerprint density at radius 3 is 2.54 bits per heavy atom. The van der Waals surface area contributed by atoms with Gasteiger partial charge in [0.05, 0.1) is 25.0 Å². The van der Waals surface area contributed by atoms with Gasteiger partial charge in [-0.2, -0.15) is 0 Å². The molecule has 2 bridgehead atoms. The molecule has 2 N–H and O–H groups in total. The van der Waals surface area contributed by atoms with Gasteiger partial charge in [0.1, 0.15) is 17.4 Å². The van der Waals surface area contributed by atoms with Crippen molar-refractivity contribution in [1.29, 1.82) is 0 Å². The van der Waals surface area contributed by atoms with E-state index in [-0.39, 0.29) is 29.8 Å². The fourth-order valence-electron chi connectivity index (χ4n) is 6.30. The van der Waals surface area contributed by atoms with Crippen LogP contribution in [0.4, 0.5) is 5.69 Å². The first kappa shape index (κ1) is 23.9. The summed E-state index contributed by atoms with van der Waals surface area (Å²) in [5.41, 5.74) is -0.501. The number of carbonyl (C=O) groups excluding carboxylic acids is 3. The van der Waals surface area contributed by atoms with Gasteiger partial charge in [-0.1, -0.05) is 38.3 Å². The number of fused-ring (bicyclic) bond motifs is 1. The normalized spacial score (nSPS) is 32.4. The van der Waals surface area contributed by atoms with E-state index in [0.717, 1.165) is 25.7 Å². The highest BCUT2D eigenvalue weighted by molar-refractivity contribution is 6.03. The number of amides is 3. The zero-order valence-corrected chi connectivity index (χ0v) is 20.7. The minimum Gasteiger partial charge on any atom is -0.497 e. The lowest BCUT2D eigenvalue weighted by atomic mass is 9.74. The summed E-state index contributed by atoms with van der Waals surface area (Å²) < 4.78 is 11.6. The maximum atomic E-state index is 13.9. The molecular weight excluding hydrogens is 446 g/mol. The van der Waals surface area contributed by atoms with Crippen LogP contribution in [0.15, 0.2) is 36.4 Å². The number of carbonyl (C=O) groups is 3. The van der Waals surface area contributed by atoms with E-state index in [9.17, 15) is 14.4 Å². The van der Waals surface area contributed by atoms with E-state index in [1.165, 1.54) is 6.42 Å². The molecule has 3 aliphatic heterocycles. The molecule has 35 heavy (non-hydrogen) atoms. The van der Waals surface area contributed by atoms with Crippen LogP contribution in [0.1, 0.15) is 52.4 Å². The van der Waals surface area contributed by atoms with Gasteiger partial charge < -0.3 is 25.0 Å². The molecule has 8 heteroatoms. The van der Waals surface area contributed by atoms with Gasteiger partial charge in [-0.25, -0.2) is 0 Å². The zero-order valence-electron chi connectivity index (χ0n) is 20.7. The Labute approximate surface area is 206 Å². The minimum atomic E-state index is -1.12. The predicted molar refractivity (Wildman–Crippen MR) is 131 cm³/mol. The lowest BCUT2D eigenvalue weighted by Crippen LogP contribution is -2.58. The van der Waals surface area contributed by atoms with E-state index in [0.29, 0.717) is 17.9 Å². The summed E-state index contributed by atoms with van der Waals surface area (Å²) in [7, 11) is 1.58. The molecule has 4 unspecified atom stereocenters. The maximum Gasteiger partial charge on any atom is 0.246 e. The van der Waals surface area contributed by atoms with Gasteiger partial charge in [-0.05, 0) is 50.5 Å². The first-order chi connectivity index (χ1) is 16.9. The van der Waals surface area contributed by atoms with Crippen LogP contribution >= 0.6 is 0 Å². The Hall–Kier alpha value is -2.87. The first-order valence-corrected chi connectivity index (χ1v) is 12.8. The molecule has 3 heterocycles. The molecule has 1 spiro atoms. The third-order valence-corrected chi connectivity index (χ3v) is 8.24. The van der Waals surface area contributed by atoms with Crippen molar-refractivity contribution in [2.45, 2.75) is 82.2 Å². The minimum absolute atomic E-state index is 0.123. The van der Waals surface area contributed by atoms with Crippen molar-refractivity contribution in [1.82, 2.24) is 10.2 Å². The fourth-order valence-corrected chi connectivity index (χ4v) is 6.30. The predicted octanol–water partition coefficient (Wildman–Crippen LogP) is 3.03. The maximum absolute atomic E-state index is 13.9. The number of nitrogens with one attached hydrogen (secondary N) is 2. The van der Waals surface area contributed by atoms with Crippen LogP contribution < -0.4 is 15.4 Å². The Morgan fingerprint density at radius 2 is 1.89 bits per heavy atom. The fraction of sp³-hybridized carbons (Fsp3) is 0.593. The van der Waals surface area contributed by atoms with Crippen molar-refractivity contribution < 1.29 is 23.9 Å². The van der Waals surface area contributed by atoms with Crippen LogP contribution in [-0.2, 0) is 19.1 Å². The molecule has 5 rings (SSSR count). The summed E-state index contributed by atoms with van der Waals surface area (Å²) >= 11 is 0. The molecule has 1 aromatic carbocycles. The molecule has 1 saturated carbocycles. The smallest absolute Gasteiger partial charge is 0.246 e. The molecule has 1 aliphatic carbocycles. The highest BCUT2D eigenvalue weighted by Gasteiger charge is 2.73. The Morgan fingerprint density at radius 1 is 1.17 bits per heavy atom. The van der Waals surface area contributed by atoms with Crippen LogP contribution in [0.2, 0.25) is 0 Å². The third kappa shape index (κ3) is 3.92. The van der Waals surface area contributed by atoms with Crippen LogP contribution in [0, 0.1) is 11.8 Å². The van der Waals surface area contributed by atoms with Crippen molar-refractivity contribution in [2.24, 2.45) is 11.8 Å². The van der Waals surface area contributed by atoms with E-state index in [1.54, 1.807) is 36.3 Å². The standard InChI is InChI=1S/C27H35N3O5/c1-4-16(2)30-23(25(32)29-17-8-6-5-7-9-17)27-15-14-20(35-27)21(22(27)26(30)33)24(31)28-18-10-12-19(34-3)13-11-18/h10-17,20-23H,4-9H2,1-3H3,(H,28,31)(H,29,32)/t16?,20-,21?,22-,23?,27?/m1/s1. The topological polar surface area (TPSA) is 97.0 Å². The van der Waals surface area contributed by atoms with Crippen molar-refractivity contribution in [3.63, 3.8) is 0 Å². The largest absolute Gasteiger partial charge is 0.497 e. The molecule has 3 amide bonds. The van der Waals surface area contributed by atoms with E-state index in [2.05, 4.69) is 10.6 Å². The quantitative estimate of drug-likeness (QED) is 0.584. The lowest BCUT2D eigenvalue weighted by molar-refractivity contribution is -0.143. The second-order valence-corrected chi connectivity index (χ2v) is 10.3. The van der Waals surface area contributed by atoms with E-state index >= 15 is 0 Å². The number of rotatable bonds is 7. The van der Waals surface area contributed by atoms with Crippen LogP contribution in [0.25, 0.3) is 0 Å². The van der Waals surface area contributed by atoms with Crippen molar-refractivity contribution in [2.75, 3.05) is 12.4 Å². The van der Waals surface area contributed by atoms with E-state index in [1.807, 2.05) is 26.0 Å². The van der Waals surface area contributed by atoms with Crippen LogP contribution in [-0.4, -0.2) is 59.6 Å². The van der Waals surface area contributed by atoms with Gasteiger partial charge in [0.25, 0.3) is 0 Å². The van der Waals surface area contributed by atoms with Crippen LogP contribution in [0.5, 0.6) is 5.75 Å². The molecule has 1 aromatic rings. The first-order valence-electron chi connectivity index (χ1n) is 12.8. The van der Waals surface area contributed by atoms with Gasteiger partial charge in [0.2, 0.25) is 17.7 Å². The molecule has 0 aromatic heterocycles. The number of hydrogen-bond acceptors (Lipinski definition) is 5. The Balaban J connectivity index is 1.43. The Kier molecular flexibility index (Phi) is 6.34.